The molecule has 0 heterocycles. The molecule has 0 aliphatic rings. The minimum Gasteiger partial charge on any atom is -0.494 e. The van der Waals surface area contributed by atoms with Gasteiger partial charge in [0.25, 0.3) is 0 Å². The highest BCUT2D eigenvalue weighted by Crippen LogP contribution is 2.28. The van der Waals surface area contributed by atoms with Crippen molar-refractivity contribution in [2.75, 3.05) is 6.61 Å². The molecule has 3 heteroatoms. The summed E-state index contributed by atoms with van der Waals surface area (Å²) in [6, 6.07) is 28.2. The summed E-state index contributed by atoms with van der Waals surface area (Å²) in [7, 11) is 0. The third-order valence-electron chi connectivity index (χ3n) is 4.86. The van der Waals surface area contributed by atoms with Gasteiger partial charge in [-0.05, 0) is 42.7 Å². The van der Waals surface area contributed by atoms with Gasteiger partial charge in [0, 0.05) is 12.3 Å². The second-order valence-electron chi connectivity index (χ2n) is 6.87. The molecule has 3 nitrogen and oxygen atoms in total. The van der Waals surface area contributed by atoms with E-state index >= 15 is 0 Å². The molecule has 1 amide bonds. The SMILES string of the molecule is CCOc1ccc([C@H](C)NC(=O)CC(c2ccccc2)c2ccccc2)cc1. The van der Waals surface area contributed by atoms with Crippen molar-refractivity contribution in [2.24, 2.45) is 0 Å². The summed E-state index contributed by atoms with van der Waals surface area (Å²) in [6.45, 7) is 4.62. The molecule has 0 bridgehead atoms. The molecule has 28 heavy (non-hydrogen) atoms. The van der Waals surface area contributed by atoms with Crippen LogP contribution in [0.1, 0.15) is 48.9 Å². The Kier molecular flexibility index (Phi) is 6.85. The zero-order valence-electron chi connectivity index (χ0n) is 16.5. The van der Waals surface area contributed by atoms with Gasteiger partial charge in [0.15, 0.2) is 0 Å². The number of hydrogen-bond acceptors (Lipinski definition) is 2. The van der Waals surface area contributed by atoms with E-state index in [1.165, 1.54) is 0 Å². The lowest BCUT2D eigenvalue weighted by atomic mass is 9.88. The van der Waals surface area contributed by atoms with Crippen LogP contribution in [0, 0.1) is 0 Å². The second kappa shape index (κ2) is 9.75. The fraction of sp³-hybridized carbons (Fsp3) is 0.240. The van der Waals surface area contributed by atoms with Crippen LogP contribution in [0.4, 0.5) is 0 Å². The topological polar surface area (TPSA) is 38.3 Å². The maximum absolute atomic E-state index is 12.8. The molecule has 0 saturated carbocycles. The third kappa shape index (κ3) is 5.23. The molecule has 0 aromatic heterocycles. The van der Waals surface area contributed by atoms with Gasteiger partial charge in [0.05, 0.1) is 12.6 Å². The first kappa shape index (κ1) is 19.7. The van der Waals surface area contributed by atoms with E-state index < -0.39 is 0 Å². The molecule has 0 aliphatic heterocycles. The summed E-state index contributed by atoms with van der Waals surface area (Å²) in [6.07, 6.45) is 0.412. The quantitative estimate of drug-likeness (QED) is 0.567. The highest BCUT2D eigenvalue weighted by molar-refractivity contribution is 5.78. The molecular weight excluding hydrogens is 346 g/mol. The van der Waals surface area contributed by atoms with Crippen LogP contribution in [0.25, 0.3) is 0 Å². The Bertz CT molecular complexity index is 821. The van der Waals surface area contributed by atoms with Crippen molar-refractivity contribution < 1.29 is 9.53 Å². The molecule has 0 saturated heterocycles. The van der Waals surface area contributed by atoms with Crippen LogP contribution in [-0.4, -0.2) is 12.5 Å². The zero-order valence-corrected chi connectivity index (χ0v) is 16.5. The Balaban J connectivity index is 1.70. The maximum Gasteiger partial charge on any atom is 0.221 e. The van der Waals surface area contributed by atoms with Crippen LogP contribution >= 0.6 is 0 Å². The Morgan fingerprint density at radius 2 is 1.36 bits per heavy atom. The molecule has 0 unspecified atom stereocenters. The van der Waals surface area contributed by atoms with E-state index in [1.54, 1.807) is 0 Å². The van der Waals surface area contributed by atoms with Gasteiger partial charge in [-0.15, -0.1) is 0 Å². The lowest BCUT2D eigenvalue weighted by Crippen LogP contribution is -2.28. The summed E-state index contributed by atoms with van der Waals surface area (Å²) in [5.74, 6) is 0.923. The number of benzene rings is 3. The average Bonchev–Trinajstić information content (AvgIpc) is 2.74. The van der Waals surface area contributed by atoms with Gasteiger partial charge >= 0.3 is 0 Å². The van der Waals surface area contributed by atoms with Gasteiger partial charge in [0.1, 0.15) is 5.75 Å². The van der Waals surface area contributed by atoms with E-state index in [4.69, 9.17) is 4.74 Å². The van der Waals surface area contributed by atoms with Crippen molar-refractivity contribution in [1.82, 2.24) is 5.32 Å². The number of nitrogens with one attached hydrogen (secondary N) is 1. The zero-order chi connectivity index (χ0) is 19.8. The molecule has 3 aromatic carbocycles. The summed E-state index contributed by atoms with van der Waals surface area (Å²) in [4.78, 5) is 12.8. The Morgan fingerprint density at radius 1 is 0.821 bits per heavy atom. The van der Waals surface area contributed by atoms with Crippen LogP contribution in [-0.2, 0) is 4.79 Å². The molecule has 0 radical (unpaired) electrons. The van der Waals surface area contributed by atoms with Gasteiger partial charge < -0.3 is 10.1 Å². The Morgan fingerprint density at radius 3 is 1.86 bits per heavy atom. The summed E-state index contributed by atoms with van der Waals surface area (Å²) >= 11 is 0. The summed E-state index contributed by atoms with van der Waals surface area (Å²) < 4.78 is 5.48. The Labute approximate surface area is 167 Å². The van der Waals surface area contributed by atoms with Crippen molar-refractivity contribution in [3.8, 4) is 5.75 Å². The molecule has 1 atom stereocenters. The number of hydrogen-bond donors (Lipinski definition) is 1. The van der Waals surface area contributed by atoms with Crippen LogP contribution in [0.5, 0.6) is 5.75 Å². The molecule has 0 fully saturated rings. The second-order valence-corrected chi connectivity index (χ2v) is 6.87. The summed E-state index contributed by atoms with van der Waals surface area (Å²) in [5.41, 5.74) is 3.36. The fourth-order valence-electron chi connectivity index (χ4n) is 3.39. The van der Waals surface area contributed by atoms with Crippen LogP contribution in [0.3, 0.4) is 0 Å². The highest BCUT2D eigenvalue weighted by atomic mass is 16.5. The van der Waals surface area contributed by atoms with Crippen molar-refractivity contribution in [1.29, 1.82) is 0 Å². The first-order valence-electron chi connectivity index (χ1n) is 9.79. The van der Waals surface area contributed by atoms with Crippen molar-refractivity contribution in [2.45, 2.75) is 32.2 Å². The van der Waals surface area contributed by atoms with E-state index in [0.29, 0.717) is 13.0 Å². The van der Waals surface area contributed by atoms with E-state index in [0.717, 1.165) is 22.4 Å². The predicted octanol–water partition coefficient (Wildman–Crippen LogP) is 5.48. The van der Waals surface area contributed by atoms with Crippen molar-refractivity contribution in [3.63, 3.8) is 0 Å². The van der Waals surface area contributed by atoms with Crippen LogP contribution in [0.2, 0.25) is 0 Å². The van der Waals surface area contributed by atoms with Crippen molar-refractivity contribution in [3.05, 3.63) is 102 Å². The lowest BCUT2D eigenvalue weighted by Gasteiger charge is -2.20. The number of carbonyl (C=O) groups is 1. The van der Waals surface area contributed by atoms with Crippen LogP contribution < -0.4 is 10.1 Å². The molecule has 0 aliphatic carbocycles. The van der Waals surface area contributed by atoms with E-state index in [9.17, 15) is 4.79 Å². The highest BCUT2D eigenvalue weighted by Gasteiger charge is 2.19. The molecular formula is C25H27NO2. The number of carbonyl (C=O) groups excluding carboxylic acids is 1. The van der Waals surface area contributed by atoms with Gasteiger partial charge in [-0.3, -0.25) is 4.79 Å². The lowest BCUT2D eigenvalue weighted by molar-refractivity contribution is -0.121. The van der Waals surface area contributed by atoms with Gasteiger partial charge in [0.2, 0.25) is 5.91 Å². The number of rotatable bonds is 8. The average molecular weight is 373 g/mol. The first-order valence-corrected chi connectivity index (χ1v) is 9.79. The standard InChI is InChI=1S/C25H27NO2/c1-3-28-23-16-14-20(15-17-23)19(2)26-25(27)18-24(21-10-6-4-7-11-21)22-12-8-5-9-13-22/h4-17,19,24H,3,18H2,1-2H3,(H,26,27)/t19-/m0/s1. The normalized spacial score (nSPS) is 11.8. The molecule has 3 rings (SSSR count). The van der Waals surface area contributed by atoms with Crippen molar-refractivity contribution >= 4 is 5.91 Å². The molecule has 144 valence electrons. The Hall–Kier alpha value is -3.07. The van der Waals surface area contributed by atoms with E-state index in [-0.39, 0.29) is 17.9 Å². The smallest absolute Gasteiger partial charge is 0.221 e. The largest absolute Gasteiger partial charge is 0.494 e. The molecule has 1 N–H and O–H groups in total. The third-order valence-corrected chi connectivity index (χ3v) is 4.86. The maximum atomic E-state index is 12.8. The predicted molar refractivity (Wildman–Crippen MR) is 114 cm³/mol. The van der Waals surface area contributed by atoms with Crippen LogP contribution in [0.15, 0.2) is 84.9 Å². The number of amides is 1. The van der Waals surface area contributed by atoms with E-state index in [2.05, 4.69) is 29.6 Å². The monoisotopic (exact) mass is 373 g/mol. The number of ether oxygens (including phenoxy) is 1. The van der Waals surface area contributed by atoms with E-state index in [1.807, 2.05) is 74.5 Å². The first-order chi connectivity index (χ1) is 13.7. The van der Waals surface area contributed by atoms with Gasteiger partial charge in [-0.1, -0.05) is 72.8 Å². The van der Waals surface area contributed by atoms with Gasteiger partial charge in [-0.2, -0.15) is 0 Å². The minimum atomic E-state index is -0.0598. The fourth-order valence-corrected chi connectivity index (χ4v) is 3.39. The molecule has 3 aromatic rings. The van der Waals surface area contributed by atoms with Gasteiger partial charge in [-0.25, -0.2) is 0 Å². The summed E-state index contributed by atoms with van der Waals surface area (Å²) in [5, 5.41) is 3.14. The minimum absolute atomic E-state index is 0.0370. The molecule has 0 spiro atoms.